The second-order valence-electron chi connectivity index (χ2n) is 4.57. The van der Waals surface area contributed by atoms with Crippen LogP contribution in [0, 0.1) is 5.92 Å². The quantitative estimate of drug-likeness (QED) is 0.728. The van der Waals surface area contributed by atoms with Gasteiger partial charge in [0.1, 0.15) is 0 Å². The number of hydrogen-bond donors (Lipinski definition) is 0. The molecule has 0 aliphatic heterocycles. The molecule has 2 nitrogen and oxygen atoms in total. The monoisotopic (exact) mass is 234 g/mol. The zero-order valence-corrected chi connectivity index (χ0v) is 11.2. The van der Waals surface area contributed by atoms with E-state index in [-0.39, 0.29) is 17.8 Å². The van der Waals surface area contributed by atoms with Crippen LogP contribution in [0.5, 0.6) is 0 Å². The van der Waals surface area contributed by atoms with Crippen molar-refractivity contribution in [2.24, 2.45) is 5.92 Å². The highest BCUT2D eigenvalue weighted by atomic mass is 16.5. The standard InChI is InChI=1S/C15H22O2/c1-5-12-8-7-9-13(10-12)14(11(3)4)15(16)17-6-2/h7-11,14H,5-6H2,1-4H3. The van der Waals surface area contributed by atoms with Gasteiger partial charge in [0.15, 0.2) is 0 Å². The summed E-state index contributed by atoms with van der Waals surface area (Å²) in [6.45, 7) is 8.52. The van der Waals surface area contributed by atoms with E-state index in [9.17, 15) is 4.79 Å². The van der Waals surface area contributed by atoms with Crippen molar-refractivity contribution in [3.8, 4) is 0 Å². The predicted molar refractivity (Wildman–Crippen MR) is 70.0 cm³/mol. The SMILES string of the molecule is CCOC(=O)C(c1cccc(CC)c1)C(C)C. The largest absolute Gasteiger partial charge is 0.466 e. The minimum absolute atomic E-state index is 0.115. The molecule has 0 bridgehead atoms. The number of ether oxygens (including phenoxy) is 1. The summed E-state index contributed by atoms with van der Waals surface area (Å²) >= 11 is 0. The molecule has 0 aliphatic carbocycles. The van der Waals surface area contributed by atoms with Crippen molar-refractivity contribution in [2.45, 2.75) is 40.0 Å². The van der Waals surface area contributed by atoms with Crippen LogP contribution in [0.2, 0.25) is 0 Å². The normalized spacial score (nSPS) is 12.5. The Balaban J connectivity index is 3.00. The molecule has 1 unspecified atom stereocenters. The van der Waals surface area contributed by atoms with Crippen molar-refractivity contribution in [3.05, 3.63) is 35.4 Å². The first kappa shape index (κ1) is 13.8. The second-order valence-corrected chi connectivity index (χ2v) is 4.57. The summed E-state index contributed by atoms with van der Waals surface area (Å²) < 4.78 is 5.15. The third-order valence-electron chi connectivity index (χ3n) is 2.93. The van der Waals surface area contributed by atoms with Crippen molar-refractivity contribution in [2.75, 3.05) is 6.61 Å². The Kier molecular flexibility index (Phi) is 5.20. The first-order chi connectivity index (χ1) is 8.10. The van der Waals surface area contributed by atoms with E-state index in [1.165, 1.54) is 5.56 Å². The highest BCUT2D eigenvalue weighted by Crippen LogP contribution is 2.26. The lowest BCUT2D eigenvalue weighted by atomic mass is 9.87. The number of carbonyl (C=O) groups excluding carboxylic acids is 1. The van der Waals surface area contributed by atoms with Gasteiger partial charge in [0.25, 0.3) is 0 Å². The Morgan fingerprint density at radius 2 is 2.00 bits per heavy atom. The molecule has 0 fully saturated rings. The smallest absolute Gasteiger partial charge is 0.313 e. The van der Waals surface area contributed by atoms with E-state index in [1.807, 2.05) is 19.1 Å². The lowest BCUT2D eigenvalue weighted by Crippen LogP contribution is -2.21. The summed E-state index contributed by atoms with van der Waals surface area (Å²) in [5.74, 6) is -0.0154. The lowest BCUT2D eigenvalue weighted by Gasteiger charge is -2.20. The van der Waals surface area contributed by atoms with E-state index in [1.54, 1.807) is 0 Å². The summed E-state index contributed by atoms with van der Waals surface area (Å²) in [7, 11) is 0. The van der Waals surface area contributed by atoms with E-state index in [0.29, 0.717) is 6.61 Å². The fourth-order valence-corrected chi connectivity index (χ4v) is 2.03. The maximum absolute atomic E-state index is 12.0. The molecule has 1 aromatic rings. The van der Waals surface area contributed by atoms with Gasteiger partial charge in [-0.2, -0.15) is 0 Å². The summed E-state index contributed by atoms with van der Waals surface area (Å²) in [6, 6.07) is 8.23. The van der Waals surface area contributed by atoms with Crippen LogP contribution in [0.3, 0.4) is 0 Å². The molecule has 0 aromatic heterocycles. The number of rotatable bonds is 5. The second kappa shape index (κ2) is 6.43. The van der Waals surface area contributed by atoms with Crippen LogP contribution in [0.15, 0.2) is 24.3 Å². The zero-order valence-electron chi connectivity index (χ0n) is 11.2. The molecule has 17 heavy (non-hydrogen) atoms. The molecule has 0 saturated carbocycles. The van der Waals surface area contributed by atoms with Gasteiger partial charge >= 0.3 is 5.97 Å². The van der Waals surface area contributed by atoms with Gasteiger partial charge in [-0.3, -0.25) is 4.79 Å². The van der Waals surface area contributed by atoms with Gasteiger partial charge in [0, 0.05) is 0 Å². The molecule has 2 heteroatoms. The molecule has 0 heterocycles. The molecule has 1 rings (SSSR count). The first-order valence-corrected chi connectivity index (χ1v) is 6.35. The third-order valence-corrected chi connectivity index (χ3v) is 2.93. The van der Waals surface area contributed by atoms with E-state index >= 15 is 0 Å². The summed E-state index contributed by atoms with van der Waals surface area (Å²) in [4.78, 5) is 12.0. The topological polar surface area (TPSA) is 26.3 Å². The van der Waals surface area contributed by atoms with E-state index in [0.717, 1.165) is 12.0 Å². The van der Waals surface area contributed by atoms with Crippen molar-refractivity contribution in [1.29, 1.82) is 0 Å². The van der Waals surface area contributed by atoms with Crippen LogP contribution in [0.4, 0.5) is 0 Å². The Hall–Kier alpha value is -1.31. The van der Waals surface area contributed by atoms with Crippen LogP contribution in [0.25, 0.3) is 0 Å². The van der Waals surface area contributed by atoms with Gasteiger partial charge in [-0.1, -0.05) is 45.0 Å². The van der Waals surface area contributed by atoms with Gasteiger partial charge in [-0.15, -0.1) is 0 Å². The first-order valence-electron chi connectivity index (χ1n) is 6.35. The van der Waals surface area contributed by atoms with Gasteiger partial charge in [0.2, 0.25) is 0 Å². The minimum atomic E-state index is -0.151. The van der Waals surface area contributed by atoms with Crippen LogP contribution < -0.4 is 0 Å². The average molecular weight is 234 g/mol. The molecular formula is C15H22O2. The highest BCUT2D eigenvalue weighted by molar-refractivity contribution is 5.78. The lowest BCUT2D eigenvalue weighted by molar-refractivity contribution is -0.146. The van der Waals surface area contributed by atoms with Crippen molar-refractivity contribution in [3.63, 3.8) is 0 Å². The van der Waals surface area contributed by atoms with Gasteiger partial charge in [-0.05, 0) is 30.4 Å². The van der Waals surface area contributed by atoms with E-state index in [2.05, 4.69) is 32.9 Å². The molecule has 0 amide bonds. The number of esters is 1. The molecule has 1 aromatic carbocycles. The molecule has 0 radical (unpaired) electrons. The highest BCUT2D eigenvalue weighted by Gasteiger charge is 2.25. The van der Waals surface area contributed by atoms with E-state index < -0.39 is 0 Å². The number of carbonyl (C=O) groups is 1. The van der Waals surface area contributed by atoms with Gasteiger partial charge in [-0.25, -0.2) is 0 Å². The predicted octanol–water partition coefficient (Wildman–Crippen LogP) is 3.55. The van der Waals surface area contributed by atoms with E-state index in [4.69, 9.17) is 4.74 Å². The summed E-state index contributed by atoms with van der Waals surface area (Å²) in [6.07, 6.45) is 0.988. The van der Waals surface area contributed by atoms with Crippen LogP contribution in [0.1, 0.15) is 44.7 Å². The zero-order chi connectivity index (χ0) is 12.8. The third kappa shape index (κ3) is 3.58. The number of benzene rings is 1. The van der Waals surface area contributed by atoms with Crippen molar-refractivity contribution < 1.29 is 9.53 Å². The Bertz CT molecular complexity index is 369. The molecule has 94 valence electrons. The maximum Gasteiger partial charge on any atom is 0.313 e. The minimum Gasteiger partial charge on any atom is -0.466 e. The molecule has 0 N–H and O–H groups in total. The maximum atomic E-state index is 12.0. The molecule has 0 saturated heterocycles. The van der Waals surface area contributed by atoms with Crippen molar-refractivity contribution in [1.82, 2.24) is 0 Å². The van der Waals surface area contributed by atoms with Crippen LogP contribution in [-0.4, -0.2) is 12.6 Å². The number of aryl methyl sites for hydroxylation is 1. The molecule has 1 atom stereocenters. The van der Waals surface area contributed by atoms with Crippen LogP contribution in [-0.2, 0) is 16.0 Å². The van der Waals surface area contributed by atoms with Gasteiger partial charge in [0.05, 0.1) is 12.5 Å². The fraction of sp³-hybridized carbons (Fsp3) is 0.533. The summed E-state index contributed by atoms with van der Waals surface area (Å²) in [5, 5.41) is 0. The van der Waals surface area contributed by atoms with Gasteiger partial charge < -0.3 is 4.74 Å². The Morgan fingerprint density at radius 3 is 2.53 bits per heavy atom. The Labute approximate surface area is 104 Å². The molecule has 0 aliphatic rings. The van der Waals surface area contributed by atoms with Crippen LogP contribution >= 0.6 is 0 Å². The average Bonchev–Trinajstić information content (AvgIpc) is 2.29. The number of hydrogen-bond acceptors (Lipinski definition) is 2. The molecule has 0 spiro atoms. The fourth-order valence-electron chi connectivity index (χ4n) is 2.03. The summed E-state index contributed by atoms with van der Waals surface area (Å²) in [5.41, 5.74) is 2.33. The molecular weight excluding hydrogens is 212 g/mol. The van der Waals surface area contributed by atoms with Crippen molar-refractivity contribution >= 4 is 5.97 Å². The Morgan fingerprint density at radius 1 is 1.29 bits per heavy atom.